The van der Waals surface area contributed by atoms with E-state index in [9.17, 15) is 31.5 Å². The minimum Gasteiger partial charge on any atom is -0.506 e. The first-order chi connectivity index (χ1) is 20.6. The zero-order valence-electron chi connectivity index (χ0n) is 23.0. The van der Waals surface area contributed by atoms with Crippen LogP contribution in [-0.2, 0) is 26.3 Å². The normalized spacial score (nSPS) is 16.6. The molecule has 9 nitrogen and oxygen atoms in total. The van der Waals surface area contributed by atoms with Crippen molar-refractivity contribution in [1.29, 1.82) is 0 Å². The van der Waals surface area contributed by atoms with E-state index in [-0.39, 0.29) is 60.4 Å². The number of aryl methyl sites for hydroxylation is 1. The van der Waals surface area contributed by atoms with Gasteiger partial charge < -0.3 is 9.52 Å². The molecule has 2 aliphatic rings. The average Bonchev–Trinajstić information content (AvgIpc) is 3.66. The number of aromatic hydroxyl groups is 1. The summed E-state index contributed by atoms with van der Waals surface area (Å²) in [5.74, 6) is -0.972. The van der Waals surface area contributed by atoms with Crippen molar-refractivity contribution < 1.29 is 31.2 Å². The fourth-order valence-electron chi connectivity index (χ4n) is 5.62. The van der Waals surface area contributed by atoms with E-state index in [1.807, 2.05) is 0 Å². The Bertz CT molecular complexity index is 1970. The molecule has 2 aromatic carbocycles. The van der Waals surface area contributed by atoms with Gasteiger partial charge in [0.05, 0.1) is 20.9 Å². The number of fused-ring (bicyclic) bond motifs is 1. The van der Waals surface area contributed by atoms with Gasteiger partial charge in [0.2, 0.25) is 9.84 Å². The Morgan fingerprint density at radius 1 is 0.884 bits per heavy atom. The topological polar surface area (TPSA) is 148 Å². The lowest BCUT2D eigenvalue weighted by Crippen LogP contribution is -2.21. The van der Waals surface area contributed by atoms with Crippen molar-refractivity contribution in [2.75, 3.05) is 4.72 Å². The molecule has 1 atom stereocenters. The van der Waals surface area contributed by atoms with Crippen LogP contribution in [0.3, 0.4) is 0 Å². The SMILES string of the molecule is O=C1CCCCCc2oc(=O)c(C(c3cccc(NS(=O)(=O)c4cc(S(=O)(=O)c5ccccc5)cs4)c3)C3CC3)c(O)c21. The molecule has 0 radical (unpaired) electrons. The largest absolute Gasteiger partial charge is 0.506 e. The molecule has 0 spiro atoms. The number of Topliss-reactive ketones (excluding diaryl/α,β-unsaturated/α-hetero) is 1. The number of sulfonamides is 1. The van der Waals surface area contributed by atoms with Gasteiger partial charge in [-0.1, -0.05) is 36.8 Å². The van der Waals surface area contributed by atoms with E-state index >= 15 is 0 Å². The van der Waals surface area contributed by atoms with E-state index in [2.05, 4.69) is 4.72 Å². The van der Waals surface area contributed by atoms with E-state index in [1.165, 1.54) is 17.5 Å². The van der Waals surface area contributed by atoms with Gasteiger partial charge >= 0.3 is 5.63 Å². The van der Waals surface area contributed by atoms with Gasteiger partial charge in [0.25, 0.3) is 10.0 Å². The molecular weight excluding hydrogens is 611 g/mol. The Morgan fingerprint density at radius 3 is 2.37 bits per heavy atom. The second-order valence-electron chi connectivity index (χ2n) is 10.9. The van der Waals surface area contributed by atoms with Crippen LogP contribution in [0.5, 0.6) is 5.75 Å². The smallest absolute Gasteiger partial charge is 0.343 e. The molecule has 2 N–H and O–H groups in total. The van der Waals surface area contributed by atoms with Crippen molar-refractivity contribution in [3.8, 4) is 5.75 Å². The van der Waals surface area contributed by atoms with Crippen molar-refractivity contribution in [1.82, 2.24) is 0 Å². The number of anilines is 1. The summed E-state index contributed by atoms with van der Waals surface area (Å²) in [6.45, 7) is 0. The standard InChI is InChI=1S/C31H29NO8S3/c33-24-12-5-2-6-13-25-28(24)30(34)29(31(35)40-25)27(19-14-15-19)20-8-7-9-21(16-20)32-43(38,39)26-17-23(18-41-26)42(36,37)22-10-3-1-4-11-22/h1,3-4,7-11,16-19,27,32,34H,2,5-6,12-15H2. The Kier molecular flexibility index (Phi) is 7.78. The molecule has 6 rings (SSSR count). The van der Waals surface area contributed by atoms with Crippen molar-refractivity contribution in [3.05, 3.63) is 98.9 Å². The number of hydrogen-bond acceptors (Lipinski definition) is 9. The highest BCUT2D eigenvalue weighted by atomic mass is 32.2. The summed E-state index contributed by atoms with van der Waals surface area (Å²) >= 11 is 0.792. The van der Waals surface area contributed by atoms with Crippen LogP contribution in [0, 0.1) is 5.92 Å². The van der Waals surface area contributed by atoms with Gasteiger partial charge in [0, 0.05) is 29.8 Å². The van der Waals surface area contributed by atoms with E-state index in [0.717, 1.165) is 43.1 Å². The number of rotatable bonds is 8. The lowest BCUT2D eigenvalue weighted by Gasteiger charge is -2.21. The monoisotopic (exact) mass is 639 g/mol. The molecule has 0 bridgehead atoms. The summed E-state index contributed by atoms with van der Waals surface area (Å²) in [6, 6.07) is 15.4. The molecule has 0 aliphatic heterocycles. The highest BCUT2D eigenvalue weighted by Crippen LogP contribution is 2.49. The van der Waals surface area contributed by atoms with E-state index in [1.54, 1.807) is 42.5 Å². The van der Waals surface area contributed by atoms with Gasteiger partial charge in [-0.3, -0.25) is 9.52 Å². The van der Waals surface area contributed by atoms with Crippen LogP contribution in [0.1, 0.15) is 71.7 Å². The molecule has 2 aromatic heterocycles. The fraction of sp³-hybridized carbons (Fsp3) is 0.290. The maximum Gasteiger partial charge on any atom is 0.343 e. The number of hydrogen-bond donors (Lipinski definition) is 2. The quantitative estimate of drug-likeness (QED) is 0.243. The first-order valence-corrected chi connectivity index (χ1v) is 17.8. The van der Waals surface area contributed by atoms with Gasteiger partial charge in [-0.05, 0) is 67.5 Å². The Morgan fingerprint density at radius 2 is 1.63 bits per heavy atom. The van der Waals surface area contributed by atoms with Crippen molar-refractivity contribution in [3.63, 3.8) is 0 Å². The Balaban J connectivity index is 1.33. The maximum absolute atomic E-state index is 13.3. The summed E-state index contributed by atoms with van der Waals surface area (Å²) < 4.78 is 60.5. The first kappa shape index (κ1) is 29.3. The zero-order chi connectivity index (χ0) is 30.4. The summed E-state index contributed by atoms with van der Waals surface area (Å²) in [6.07, 6.45) is 4.52. The predicted octanol–water partition coefficient (Wildman–Crippen LogP) is 5.88. The molecule has 1 unspecified atom stereocenters. The molecule has 0 amide bonds. The molecule has 1 saturated carbocycles. The van der Waals surface area contributed by atoms with Crippen LogP contribution in [-0.4, -0.2) is 27.7 Å². The molecule has 2 aliphatic carbocycles. The van der Waals surface area contributed by atoms with Gasteiger partial charge in [0.1, 0.15) is 15.7 Å². The van der Waals surface area contributed by atoms with E-state index in [4.69, 9.17) is 4.42 Å². The predicted molar refractivity (Wildman–Crippen MR) is 161 cm³/mol. The van der Waals surface area contributed by atoms with Gasteiger partial charge in [-0.25, -0.2) is 21.6 Å². The second-order valence-corrected chi connectivity index (χ2v) is 15.7. The summed E-state index contributed by atoms with van der Waals surface area (Å²) in [5, 5.41) is 12.6. The van der Waals surface area contributed by atoms with Crippen LogP contribution < -0.4 is 10.3 Å². The second kappa shape index (κ2) is 11.4. The molecular formula is C31H29NO8S3. The molecule has 0 saturated heterocycles. The molecule has 1 fully saturated rings. The molecule has 43 heavy (non-hydrogen) atoms. The molecule has 4 aromatic rings. The average molecular weight is 640 g/mol. The lowest BCUT2D eigenvalue weighted by atomic mass is 9.85. The van der Waals surface area contributed by atoms with Crippen molar-refractivity contribution in [2.24, 2.45) is 5.92 Å². The summed E-state index contributed by atoms with van der Waals surface area (Å²) in [4.78, 5) is 26.1. The number of nitrogens with one attached hydrogen (secondary N) is 1. The third-order valence-electron chi connectivity index (χ3n) is 7.88. The summed E-state index contributed by atoms with van der Waals surface area (Å²) in [7, 11) is -8.05. The minimum absolute atomic E-state index is 0.00501. The number of thiophene rings is 1. The third kappa shape index (κ3) is 5.78. The lowest BCUT2D eigenvalue weighted by molar-refractivity contribution is 0.0968. The van der Waals surface area contributed by atoms with Crippen molar-refractivity contribution in [2.45, 2.75) is 64.9 Å². The van der Waals surface area contributed by atoms with Crippen molar-refractivity contribution >= 4 is 42.7 Å². The highest BCUT2D eigenvalue weighted by Gasteiger charge is 2.39. The number of carbonyl (C=O) groups is 1. The fourth-order valence-corrected chi connectivity index (χ4v) is 9.57. The molecule has 2 heterocycles. The van der Waals surface area contributed by atoms with Gasteiger partial charge in [-0.15, -0.1) is 11.3 Å². The van der Waals surface area contributed by atoms with Crippen LogP contribution in [0.2, 0.25) is 0 Å². The summed E-state index contributed by atoms with van der Waals surface area (Å²) in [5.41, 5.74) is 0.190. The van der Waals surface area contributed by atoms with E-state index in [0.29, 0.717) is 18.4 Å². The Hall–Kier alpha value is -3.74. The van der Waals surface area contributed by atoms with Crippen LogP contribution in [0.4, 0.5) is 5.69 Å². The van der Waals surface area contributed by atoms with Crippen LogP contribution >= 0.6 is 11.3 Å². The van der Waals surface area contributed by atoms with Crippen LogP contribution in [0.15, 0.2) is 89.3 Å². The van der Waals surface area contributed by atoms with Gasteiger partial charge in [0.15, 0.2) is 5.78 Å². The molecule has 12 heteroatoms. The van der Waals surface area contributed by atoms with Crippen LogP contribution in [0.25, 0.3) is 0 Å². The first-order valence-electron chi connectivity index (χ1n) is 14.0. The zero-order valence-corrected chi connectivity index (χ0v) is 25.4. The number of ketones is 1. The number of sulfone groups is 1. The minimum atomic E-state index is -4.16. The number of carbonyl (C=O) groups excluding carboxylic acids is 1. The van der Waals surface area contributed by atoms with Gasteiger partial charge in [-0.2, -0.15) is 0 Å². The Labute approximate surface area is 253 Å². The molecule has 224 valence electrons. The number of benzene rings is 2. The van der Waals surface area contributed by atoms with E-state index < -0.39 is 31.4 Å². The highest BCUT2D eigenvalue weighted by molar-refractivity contribution is 7.95. The third-order valence-corrected chi connectivity index (χ3v) is 12.6. The maximum atomic E-state index is 13.3.